The van der Waals surface area contributed by atoms with Crippen molar-refractivity contribution >= 4 is 21.6 Å². The van der Waals surface area contributed by atoms with Crippen molar-refractivity contribution in [1.29, 1.82) is 0 Å². The van der Waals surface area contributed by atoms with E-state index in [2.05, 4.69) is 9.80 Å². The van der Waals surface area contributed by atoms with E-state index < -0.39 is 10.0 Å². The van der Waals surface area contributed by atoms with Crippen LogP contribution in [0.5, 0.6) is 0 Å². The van der Waals surface area contributed by atoms with Crippen LogP contribution < -0.4 is 10.0 Å². The molecule has 1 saturated heterocycles. The minimum absolute atomic E-state index is 0.00431. The number of carbonyl (C=O) groups excluding carboxylic acids is 1. The molecule has 31 heavy (non-hydrogen) atoms. The van der Waals surface area contributed by atoms with E-state index in [0.29, 0.717) is 31.6 Å². The van der Waals surface area contributed by atoms with E-state index in [4.69, 9.17) is 5.14 Å². The Labute approximate surface area is 182 Å². The van der Waals surface area contributed by atoms with Gasteiger partial charge in [0.2, 0.25) is 15.9 Å². The molecule has 2 aromatic rings. The average Bonchev–Trinajstić information content (AvgIpc) is 3.04. The molecule has 2 heterocycles. The quantitative estimate of drug-likeness (QED) is 0.754. The van der Waals surface area contributed by atoms with Crippen LogP contribution in [0.25, 0.3) is 0 Å². The summed E-state index contributed by atoms with van der Waals surface area (Å²) in [6.07, 6.45) is 1.52. The fourth-order valence-electron chi connectivity index (χ4n) is 4.30. The van der Waals surface area contributed by atoms with Gasteiger partial charge in [0.25, 0.3) is 0 Å². The maximum atomic E-state index is 14.0. The molecule has 0 unspecified atom stereocenters. The number of amides is 1. The Morgan fingerprint density at radius 3 is 2.52 bits per heavy atom. The van der Waals surface area contributed by atoms with E-state index >= 15 is 0 Å². The average molecular weight is 447 g/mol. The number of nitrogens with two attached hydrogens (primary N) is 1. The number of hydrogen-bond acceptors (Lipinski definition) is 5. The Kier molecular flexibility index (Phi) is 6.38. The van der Waals surface area contributed by atoms with E-state index in [9.17, 15) is 17.6 Å². The molecule has 2 N–H and O–H groups in total. The third kappa shape index (κ3) is 5.12. The van der Waals surface area contributed by atoms with Crippen molar-refractivity contribution in [2.24, 2.45) is 5.14 Å². The highest BCUT2D eigenvalue weighted by Crippen LogP contribution is 2.30. The Balaban J connectivity index is 1.35. The maximum absolute atomic E-state index is 14.0. The van der Waals surface area contributed by atoms with Crippen LogP contribution in [0.4, 0.5) is 10.1 Å². The number of nitrogens with zero attached hydrogens (tertiary/aromatic N) is 3. The molecular formula is C22H27FN4O3S. The molecule has 166 valence electrons. The predicted molar refractivity (Wildman–Crippen MR) is 117 cm³/mol. The number of hydrogen-bond donors (Lipinski definition) is 1. The van der Waals surface area contributed by atoms with Crippen LogP contribution in [0, 0.1) is 5.82 Å². The maximum Gasteiger partial charge on any atom is 0.241 e. The number of fused-ring (bicyclic) bond motifs is 1. The van der Waals surface area contributed by atoms with E-state index in [0.717, 1.165) is 43.9 Å². The molecular weight excluding hydrogens is 419 g/mol. The van der Waals surface area contributed by atoms with Gasteiger partial charge in [0.15, 0.2) is 0 Å². The van der Waals surface area contributed by atoms with Crippen LogP contribution in [0.15, 0.2) is 47.4 Å². The Morgan fingerprint density at radius 1 is 1.00 bits per heavy atom. The zero-order valence-electron chi connectivity index (χ0n) is 17.3. The second kappa shape index (κ2) is 9.04. The Bertz CT molecular complexity index is 1080. The molecule has 0 aliphatic carbocycles. The summed E-state index contributed by atoms with van der Waals surface area (Å²) < 4.78 is 37.1. The molecule has 0 spiro atoms. The second-order valence-corrected chi connectivity index (χ2v) is 9.69. The van der Waals surface area contributed by atoms with Crippen molar-refractivity contribution in [1.82, 2.24) is 9.80 Å². The first-order valence-corrected chi connectivity index (χ1v) is 12.0. The lowest BCUT2D eigenvalue weighted by Gasteiger charge is -2.24. The van der Waals surface area contributed by atoms with E-state index in [-0.39, 0.29) is 16.6 Å². The van der Waals surface area contributed by atoms with Gasteiger partial charge < -0.3 is 4.90 Å². The molecule has 1 amide bonds. The van der Waals surface area contributed by atoms with Crippen LogP contribution in [0.1, 0.15) is 17.5 Å². The number of benzene rings is 2. The highest BCUT2D eigenvalue weighted by molar-refractivity contribution is 7.89. The summed E-state index contributed by atoms with van der Waals surface area (Å²) in [7, 11) is -3.76. The smallest absolute Gasteiger partial charge is 0.241 e. The lowest BCUT2D eigenvalue weighted by molar-refractivity contribution is -0.119. The zero-order chi connectivity index (χ0) is 22.0. The molecule has 0 saturated carbocycles. The molecule has 2 aliphatic rings. The summed E-state index contributed by atoms with van der Waals surface area (Å²) in [5.41, 5.74) is 2.28. The van der Waals surface area contributed by atoms with Gasteiger partial charge in [-0.25, -0.2) is 17.9 Å². The largest absolute Gasteiger partial charge is 0.311 e. The summed E-state index contributed by atoms with van der Waals surface area (Å²) in [6.45, 7) is 4.60. The minimum Gasteiger partial charge on any atom is -0.311 e. The van der Waals surface area contributed by atoms with Gasteiger partial charge in [-0.3, -0.25) is 14.6 Å². The third-order valence-electron chi connectivity index (χ3n) is 5.97. The summed E-state index contributed by atoms with van der Waals surface area (Å²) in [5.74, 6) is -0.179. The molecule has 0 radical (unpaired) electrons. The minimum atomic E-state index is -3.76. The molecule has 0 bridgehead atoms. The molecule has 1 fully saturated rings. The van der Waals surface area contributed by atoms with Crippen molar-refractivity contribution in [2.75, 3.05) is 44.2 Å². The highest BCUT2D eigenvalue weighted by Gasteiger charge is 2.27. The number of primary sulfonamides is 1. The van der Waals surface area contributed by atoms with Crippen molar-refractivity contribution in [2.45, 2.75) is 24.3 Å². The van der Waals surface area contributed by atoms with Crippen LogP contribution in [0.3, 0.4) is 0 Å². The van der Waals surface area contributed by atoms with Gasteiger partial charge in [-0.15, -0.1) is 0 Å². The van der Waals surface area contributed by atoms with Gasteiger partial charge in [0.1, 0.15) is 5.82 Å². The van der Waals surface area contributed by atoms with E-state index in [1.54, 1.807) is 23.1 Å². The summed E-state index contributed by atoms with van der Waals surface area (Å²) >= 11 is 0. The fraction of sp³-hybridized carbons (Fsp3) is 0.409. The molecule has 2 aromatic carbocycles. The van der Waals surface area contributed by atoms with Gasteiger partial charge in [-0.05, 0) is 55.8 Å². The van der Waals surface area contributed by atoms with Gasteiger partial charge in [-0.2, -0.15) is 0 Å². The van der Waals surface area contributed by atoms with Gasteiger partial charge >= 0.3 is 0 Å². The third-order valence-corrected chi connectivity index (χ3v) is 6.88. The number of rotatable bonds is 5. The lowest BCUT2D eigenvalue weighted by atomic mass is 10.2. The second-order valence-electron chi connectivity index (χ2n) is 8.13. The summed E-state index contributed by atoms with van der Waals surface area (Å²) in [5, 5.41) is 5.21. The first-order valence-electron chi connectivity index (χ1n) is 10.5. The monoisotopic (exact) mass is 446 g/mol. The number of anilines is 1. The SMILES string of the molecule is NS(=O)(=O)c1ccc2c(c1)CCN2C(=O)CN1CCCN(Cc2ccccc2F)CC1. The Hall–Kier alpha value is -2.33. The van der Waals surface area contributed by atoms with Crippen LogP contribution in [-0.4, -0.2) is 63.4 Å². The summed E-state index contributed by atoms with van der Waals surface area (Å²) in [4.78, 5) is 19.1. The molecule has 7 nitrogen and oxygen atoms in total. The van der Waals surface area contributed by atoms with E-state index in [1.807, 2.05) is 12.1 Å². The van der Waals surface area contributed by atoms with Crippen LogP contribution in [-0.2, 0) is 27.8 Å². The lowest BCUT2D eigenvalue weighted by Crippen LogP contribution is -2.41. The number of carbonyl (C=O) groups is 1. The van der Waals surface area contributed by atoms with Crippen LogP contribution >= 0.6 is 0 Å². The molecule has 4 rings (SSSR count). The van der Waals surface area contributed by atoms with Gasteiger partial charge in [0, 0.05) is 37.4 Å². The van der Waals surface area contributed by atoms with Crippen molar-refractivity contribution in [3.63, 3.8) is 0 Å². The molecule has 0 atom stereocenters. The first kappa shape index (κ1) is 21.9. The fourth-order valence-corrected chi connectivity index (χ4v) is 4.86. The topological polar surface area (TPSA) is 86.9 Å². The predicted octanol–water partition coefficient (Wildman–Crippen LogP) is 1.57. The van der Waals surface area contributed by atoms with E-state index in [1.165, 1.54) is 12.1 Å². The van der Waals surface area contributed by atoms with Crippen LogP contribution in [0.2, 0.25) is 0 Å². The standard InChI is InChI=1S/C22H27FN4O3S/c23-20-5-2-1-4-18(20)15-25-9-3-10-26(13-12-25)16-22(28)27-11-8-17-14-19(31(24,29)30)6-7-21(17)27/h1-2,4-7,14H,3,8-13,15-16H2,(H2,24,29,30). The number of halogens is 1. The van der Waals surface area contributed by atoms with Gasteiger partial charge in [-0.1, -0.05) is 18.2 Å². The Morgan fingerprint density at radius 2 is 1.74 bits per heavy atom. The first-order chi connectivity index (χ1) is 14.8. The van der Waals surface area contributed by atoms with Gasteiger partial charge in [0.05, 0.1) is 11.4 Å². The molecule has 9 heteroatoms. The number of sulfonamides is 1. The van der Waals surface area contributed by atoms with Crippen molar-refractivity contribution < 1.29 is 17.6 Å². The summed E-state index contributed by atoms with van der Waals surface area (Å²) in [6, 6.07) is 11.5. The highest BCUT2D eigenvalue weighted by atomic mass is 32.2. The molecule has 2 aliphatic heterocycles. The van der Waals surface area contributed by atoms with Crippen molar-refractivity contribution in [3.8, 4) is 0 Å². The van der Waals surface area contributed by atoms with Crippen molar-refractivity contribution in [3.05, 3.63) is 59.4 Å². The molecule has 0 aromatic heterocycles. The normalized spacial score (nSPS) is 18.1. The zero-order valence-corrected chi connectivity index (χ0v) is 18.2.